The standard InChI is InChI=1S/C14H24N4O/c1-10-12(11(2)19)8-15-14(16-10)13-9-17(3)6-5-7-18(13)4/h8,11,13,19H,5-7,9H2,1-4H3/t11-,13?/m1/s1. The fourth-order valence-corrected chi connectivity index (χ4v) is 2.62. The molecule has 0 amide bonds. The Morgan fingerprint density at radius 2 is 2.11 bits per heavy atom. The molecule has 1 fully saturated rings. The van der Waals surface area contributed by atoms with E-state index in [-0.39, 0.29) is 6.04 Å². The van der Waals surface area contributed by atoms with E-state index in [9.17, 15) is 5.11 Å². The maximum absolute atomic E-state index is 9.65. The number of hydrogen-bond acceptors (Lipinski definition) is 5. The maximum atomic E-state index is 9.65. The number of rotatable bonds is 2. The predicted molar refractivity (Wildman–Crippen MR) is 74.9 cm³/mol. The van der Waals surface area contributed by atoms with Gasteiger partial charge in [-0.2, -0.15) is 0 Å². The van der Waals surface area contributed by atoms with Gasteiger partial charge in [0.2, 0.25) is 0 Å². The second-order valence-electron chi connectivity index (χ2n) is 5.56. The lowest BCUT2D eigenvalue weighted by Gasteiger charge is -2.26. The molecule has 0 saturated carbocycles. The van der Waals surface area contributed by atoms with Gasteiger partial charge in [0.1, 0.15) is 5.82 Å². The van der Waals surface area contributed by atoms with Crippen LogP contribution in [0.1, 0.15) is 42.6 Å². The Morgan fingerprint density at radius 1 is 1.37 bits per heavy atom. The van der Waals surface area contributed by atoms with Gasteiger partial charge in [-0.15, -0.1) is 0 Å². The molecule has 2 rings (SSSR count). The zero-order chi connectivity index (χ0) is 14.0. The highest BCUT2D eigenvalue weighted by Gasteiger charge is 2.25. The molecule has 0 spiro atoms. The van der Waals surface area contributed by atoms with Crippen LogP contribution in [0.2, 0.25) is 0 Å². The van der Waals surface area contributed by atoms with Gasteiger partial charge in [0.05, 0.1) is 12.1 Å². The zero-order valence-electron chi connectivity index (χ0n) is 12.3. The molecular formula is C14H24N4O. The largest absolute Gasteiger partial charge is 0.389 e. The van der Waals surface area contributed by atoms with E-state index in [0.717, 1.165) is 36.7 Å². The molecule has 1 aromatic rings. The summed E-state index contributed by atoms with van der Waals surface area (Å²) in [5.41, 5.74) is 1.69. The fraction of sp³-hybridized carbons (Fsp3) is 0.714. The van der Waals surface area contributed by atoms with E-state index in [1.807, 2.05) is 6.92 Å². The Hall–Kier alpha value is -1.04. The first kappa shape index (κ1) is 14.4. The van der Waals surface area contributed by atoms with E-state index in [4.69, 9.17) is 0 Å². The first-order chi connectivity index (χ1) is 8.99. The van der Waals surface area contributed by atoms with Gasteiger partial charge in [-0.05, 0) is 47.5 Å². The molecule has 0 aromatic carbocycles. The first-order valence-corrected chi connectivity index (χ1v) is 6.89. The van der Waals surface area contributed by atoms with Crippen LogP contribution in [0.25, 0.3) is 0 Å². The van der Waals surface area contributed by atoms with E-state index in [0.29, 0.717) is 0 Å². The summed E-state index contributed by atoms with van der Waals surface area (Å²) in [6.07, 6.45) is 2.43. The number of aliphatic hydroxyl groups excluding tert-OH is 1. The Balaban J connectivity index is 2.27. The number of aromatic nitrogens is 2. The van der Waals surface area contributed by atoms with Crippen LogP contribution in [0.3, 0.4) is 0 Å². The summed E-state index contributed by atoms with van der Waals surface area (Å²) in [6.45, 7) is 6.82. The Bertz CT molecular complexity index is 435. The van der Waals surface area contributed by atoms with Crippen molar-refractivity contribution in [2.45, 2.75) is 32.4 Å². The first-order valence-electron chi connectivity index (χ1n) is 6.89. The number of nitrogens with zero attached hydrogens (tertiary/aromatic N) is 4. The van der Waals surface area contributed by atoms with Gasteiger partial charge in [-0.25, -0.2) is 9.97 Å². The monoisotopic (exact) mass is 264 g/mol. The van der Waals surface area contributed by atoms with Crippen LogP contribution < -0.4 is 0 Å². The van der Waals surface area contributed by atoms with Crippen molar-refractivity contribution < 1.29 is 5.11 Å². The molecule has 0 aliphatic carbocycles. The molecule has 0 bridgehead atoms. The summed E-state index contributed by atoms with van der Waals surface area (Å²) in [4.78, 5) is 13.7. The molecule has 1 aliphatic rings. The summed E-state index contributed by atoms with van der Waals surface area (Å²) in [6, 6.07) is 0.231. The predicted octanol–water partition coefficient (Wildman–Crippen LogP) is 1.15. The number of hydrogen-bond donors (Lipinski definition) is 1. The lowest BCUT2D eigenvalue weighted by molar-refractivity contribution is 0.195. The van der Waals surface area contributed by atoms with Crippen LogP contribution in [-0.4, -0.2) is 58.6 Å². The lowest BCUT2D eigenvalue weighted by atomic mass is 10.1. The highest BCUT2D eigenvalue weighted by molar-refractivity contribution is 5.19. The summed E-state index contributed by atoms with van der Waals surface area (Å²) in [5.74, 6) is 0.859. The molecular weight excluding hydrogens is 240 g/mol. The van der Waals surface area contributed by atoms with Crippen molar-refractivity contribution in [2.75, 3.05) is 33.7 Å². The number of aliphatic hydroxyl groups is 1. The molecule has 1 N–H and O–H groups in total. The van der Waals surface area contributed by atoms with E-state index in [1.54, 1.807) is 13.1 Å². The Kier molecular flexibility index (Phi) is 4.50. The molecule has 5 nitrogen and oxygen atoms in total. The van der Waals surface area contributed by atoms with Gasteiger partial charge < -0.3 is 10.0 Å². The maximum Gasteiger partial charge on any atom is 0.146 e. The third kappa shape index (κ3) is 3.29. The third-order valence-corrected chi connectivity index (χ3v) is 3.85. The van der Waals surface area contributed by atoms with Crippen LogP contribution in [0.4, 0.5) is 0 Å². The molecule has 1 aliphatic heterocycles. The Labute approximate surface area is 115 Å². The van der Waals surface area contributed by atoms with Crippen molar-refractivity contribution in [3.05, 3.63) is 23.3 Å². The average molecular weight is 264 g/mol. The van der Waals surface area contributed by atoms with Gasteiger partial charge >= 0.3 is 0 Å². The molecule has 1 saturated heterocycles. The quantitative estimate of drug-likeness (QED) is 0.868. The number of aryl methyl sites for hydroxylation is 1. The third-order valence-electron chi connectivity index (χ3n) is 3.85. The number of likely N-dealkylation sites (N-methyl/N-ethyl adjacent to an activating group) is 2. The van der Waals surface area contributed by atoms with Crippen molar-refractivity contribution in [3.63, 3.8) is 0 Å². The van der Waals surface area contributed by atoms with Gasteiger partial charge in [0, 0.05) is 24.0 Å². The zero-order valence-corrected chi connectivity index (χ0v) is 12.3. The summed E-state index contributed by atoms with van der Waals surface area (Å²) in [5, 5.41) is 9.65. The van der Waals surface area contributed by atoms with Crippen LogP contribution >= 0.6 is 0 Å². The van der Waals surface area contributed by atoms with E-state index in [1.165, 1.54) is 6.42 Å². The Morgan fingerprint density at radius 3 is 2.74 bits per heavy atom. The van der Waals surface area contributed by atoms with Crippen LogP contribution in [0.5, 0.6) is 0 Å². The smallest absolute Gasteiger partial charge is 0.146 e. The molecule has 1 unspecified atom stereocenters. The molecule has 19 heavy (non-hydrogen) atoms. The minimum absolute atomic E-state index is 0.231. The minimum Gasteiger partial charge on any atom is -0.389 e. The van der Waals surface area contributed by atoms with Crippen molar-refractivity contribution in [2.24, 2.45) is 0 Å². The van der Waals surface area contributed by atoms with E-state index in [2.05, 4.69) is 33.9 Å². The van der Waals surface area contributed by atoms with Crippen molar-refractivity contribution in [3.8, 4) is 0 Å². The van der Waals surface area contributed by atoms with Crippen LogP contribution in [0.15, 0.2) is 6.20 Å². The van der Waals surface area contributed by atoms with E-state index < -0.39 is 6.10 Å². The normalized spacial score (nSPS) is 24.2. The lowest BCUT2D eigenvalue weighted by Crippen LogP contribution is -2.32. The molecule has 1 aromatic heterocycles. The molecule has 2 heterocycles. The second-order valence-corrected chi connectivity index (χ2v) is 5.56. The SMILES string of the molecule is Cc1nc(C2CN(C)CCCN2C)ncc1[C@@H](C)O. The van der Waals surface area contributed by atoms with Crippen molar-refractivity contribution in [1.29, 1.82) is 0 Å². The van der Waals surface area contributed by atoms with Crippen LogP contribution in [-0.2, 0) is 0 Å². The second kappa shape index (κ2) is 5.94. The van der Waals surface area contributed by atoms with Gasteiger partial charge in [-0.3, -0.25) is 4.90 Å². The van der Waals surface area contributed by atoms with E-state index >= 15 is 0 Å². The van der Waals surface area contributed by atoms with Gasteiger partial charge in [0.25, 0.3) is 0 Å². The van der Waals surface area contributed by atoms with Crippen molar-refractivity contribution >= 4 is 0 Å². The topological polar surface area (TPSA) is 52.5 Å². The highest BCUT2D eigenvalue weighted by atomic mass is 16.3. The molecule has 0 radical (unpaired) electrons. The van der Waals surface area contributed by atoms with Crippen molar-refractivity contribution in [1.82, 2.24) is 19.8 Å². The summed E-state index contributed by atoms with van der Waals surface area (Å²) >= 11 is 0. The molecule has 106 valence electrons. The fourth-order valence-electron chi connectivity index (χ4n) is 2.62. The van der Waals surface area contributed by atoms with Gasteiger partial charge in [0.15, 0.2) is 0 Å². The summed E-state index contributed by atoms with van der Waals surface area (Å²) < 4.78 is 0. The van der Waals surface area contributed by atoms with Gasteiger partial charge in [-0.1, -0.05) is 0 Å². The minimum atomic E-state index is -0.511. The molecule has 5 heteroatoms. The highest BCUT2D eigenvalue weighted by Crippen LogP contribution is 2.22. The van der Waals surface area contributed by atoms with Crippen LogP contribution in [0, 0.1) is 6.92 Å². The summed E-state index contributed by atoms with van der Waals surface area (Å²) in [7, 11) is 4.27. The average Bonchev–Trinajstić information content (AvgIpc) is 2.50. The molecule has 2 atom stereocenters.